The van der Waals surface area contributed by atoms with Gasteiger partial charge in [-0.3, -0.25) is 9.63 Å². The van der Waals surface area contributed by atoms with E-state index >= 15 is 0 Å². The maximum absolute atomic E-state index is 11.1. The highest BCUT2D eigenvalue weighted by Gasteiger charge is 1.98. The van der Waals surface area contributed by atoms with E-state index in [9.17, 15) is 9.59 Å². The molecule has 90 valence electrons. The summed E-state index contributed by atoms with van der Waals surface area (Å²) in [7, 11) is 0. The van der Waals surface area contributed by atoms with Crippen molar-refractivity contribution < 1.29 is 24.6 Å². The zero-order valence-electron chi connectivity index (χ0n) is 8.79. The summed E-state index contributed by atoms with van der Waals surface area (Å²) in [5.74, 6) is -1.61. The van der Waals surface area contributed by atoms with Crippen molar-refractivity contribution in [3.63, 3.8) is 0 Å². The second-order valence-electron chi connectivity index (χ2n) is 3.07. The maximum Gasteiger partial charge on any atom is 0.332 e. The zero-order valence-corrected chi connectivity index (χ0v) is 8.79. The Labute approximate surface area is 97.1 Å². The lowest BCUT2D eigenvalue weighted by atomic mass is 10.2. The highest BCUT2D eigenvalue weighted by Crippen LogP contribution is 2.10. The Hall–Kier alpha value is -2.34. The molecule has 0 radical (unpaired) electrons. The molecule has 1 aromatic rings. The average Bonchev–Trinajstić information content (AvgIpc) is 2.28. The van der Waals surface area contributed by atoms with Crippen LogP contribution in [0.25, 0.3) is 6.08 Å². The number of nitrogens with one attached hydrogen (secondary N) is 1. The topological polar surface area (TPSA) is 95.9 Å². The SMILES string of the molecule is O=C(O)CONC(=O)C=Cc1ccc(O)cc1. The van der Waals surface area contributed by atoms with Crippen molar-refractivity contribution in [2.75, 3.05) is 6.61 Å². The minimum absolute atomic E-state index is 0.136. The number of hydrogen-bond acceptors (Lipinski definition) is 4. The lowest BCUT2D eigenvalue weighted by Gasteiger charge is -1.99. The number of carboxylic acids is 1. The van der Waals surface area contributed by atoms with E-state index < -0.39 is 18.5 Å². The van der Waals surface area contributed by atoms with Crippen molar-refractivity contribution >= 4 is 18.0 Å². The van der Waals surface area contributed by atoms with E-state index in [1.807, 2.05) is 5.48 Å². The molecule has 6 nitrogen and oxygen atoms in total. The molecule has 3 N–H and O–H groups in total. The van der Waals surface area contributed by atoms with Crippen LogP contribution in [0.15, 0.2) is 30.3 Å². The van der Waals surface area contributed by atoms with Crippen molar-refractivity contribution in [3.8, 4) is 5.75 Å². The van der Waals surface area contributed by atoms with Gasteiger partial charge in [0.25, 0.3) is 5.91 Å². The molecule has 0 fully saturated rings. The van der Waals surface area contributed by atoms with Crippen molar-refractivity contribution in [3.05, 3.63) is 35.9 Å². The van der Waals surface area contributed by atoms with E-state index in [0.29, 0.717) is 0 Å². The van der Waals surface area contributed by atoms with Crippen LogP contribution < -0.4 is 5.48 Å². The third-order valence-electron chi connectivity index (χ3n) is 1.69. The van der Waals surface area contributed by atoms with E-state index in [4.69, 9.17) is 10.2 Å². The molecule has 0 aliphatic heterocycles. The van der Waals surface area contributed by atoms with Crippen LogP contribution in [0.1, 0.15) is 5.56 Å². The first kappa shape index (κ1) is 12.7. The summed E-state index contributed by atoms with van der Waals surface area (Å²) in [4.78, 5) is 25.5. The number of hydrogen-bond donors (Lipinski definition) is 3. The fourth-order valence-electron chi connectivity index (χ4n) is 0.960. The zero-order chi connectivity index (χ0) is 12.7. The van der Waals surface area contributed by atoms with Gasteiger partial charge in [-0.05, 0) is 23.8 Å². The number of rotatable bonds is 5. The Bertz CT molecular complexity index is 424. The van der Waals surface area contributed by atoms with Gasteiger partial charge in [-0.15, -0.1) is 0 Å². The van der Waals surface area contributed by atoms with Gasteiger partial charge in [0, 0.05) is 6.08 Å². The van der Waals surface area contributed by atoms with Crippen LogP contribution in [0.4, 0.5) is 0 Å². The highest BCUT2D eigenvalue weighted by molar-refractivity contribution is 5.91. The van der Waals surface area contributed by atoms with Gasteiger partial charge in [0.2, 0.25) is 0 Å². The van der Waals surface area contributed by atoms with E-state index in [1.165, 1.54) is 24.3 Å². The van der Waals surface area contributed by atoms with Gasteiger partial charge in [0.1, 0.15) is 5.75 Å². The number of hydroxylamine groups is 1. The van der Waals surface area contributed by atoms with Gasteiger partial charge in [-0.2, -0.15) is 0 Å². The molecule has 0 heterocycles. The summed E-state index contributed by atoms with van der Waals surface area (Å²) in [6.45, 7) is -0.598. The molecular weight excluding hydrogens is 226 g/mol. The fourth-order valence-corrected chi connectivity index (χ4v) is 0.960. The Kier molecular flexibility index (Phi) is 4.71. The van der Waals surface area contributed by atoms with E-state index in [-0.39, 0.29) is 5.75 Å². The molecule has 0 unspecified atom stereocenters. The van der Waals surface area contributed by atoms with Crippen molar-refractivity contribution in [1.29, 1.82) is 0 Å². The van der Waals surface area contributed by atoms with Crippen LogP contribution >= 0.6 is 0 Å². The lowest BCUT2D eigenvalue weighted by Crippen LogP contribution is -2.24. The van der Waals surface area contributed by atoms with Crippen molar-refractivity contribution in [2.45, 2.75) is 0 Å². The van der Waals surface area contributed by atoms with Gasteiger partial charge >= 0.3 is 5.97 Å². The molecule has 0 aromatic heterocycles. The Morgan fingerprint density at radius 2 is 1.94 bits per heavy atom. The molecule has 1 aromatic carbocycles. The molecule has 0 bridgehead atoms. The Balaban J connectivity index is 2.40. The summed E-state index contributed by atoms with van der Waals surface area (Å²) >= 11 is 0. The lowest BCUT2D eigenvalue weighted by molar-refractivity contribution is -0.147. The third-order valence-corrected chi connectivity index (χ3v) is 1.69. The number of carboxylic acid groups (broad SMARTS) is 1. The third kappa shape index (κ3) is 5.33. The highest BCUT2D eigenvalue weighted by atomic mass is 16.7. The number of carbonyl (C=O) groups is 2. The molecule has 1 rings (SSSR count). The van der Waals surface area contributed by atoms with Crippen LogP contribution in [0.5, 0.6) is 5.75 Å². The quantitative estimate of drug-likeness (QED) is 0.513. The maximum atomic E-state index is 11.1. The van der Waals surface area contributed by atoms with Gasteiger partial charge in [0.15, 0.2) is 6.61 Å². The molecule has 0 aliphatic carbocycles. The van der Waals surface area contributed by atoms with Gasteiger partial charge in [0.05, 0.1) is 0 Å². The summed E-state index contributed by atoms with van der Waals surface area (Å²) < 4.78 is 0. The average molecular weight is 237 g/mol. The van der Waals surface area contributed by atoms with E-state index in [2.05, 4.69) is 4.84 Å². The molecule has 0 spiro atoms. The summed E-state index contributed by atoms with van der Waals surface area (Å²) in [5, 5.41) is 17.3. The second-order valence-corrected chi connectivity index (χ2v) is 3.07. The predicted molar refractivity (Wildman–Crippen MR) is 58.9 cm³/mol. The molecule has 6 heteroatoms. The monoisotopic (exact) mass is 237 g/mol. The first-order valence-corrected chi connectivity index (χ1v) is 4.68. The van der Waals surface area contributed by atoms with Crippen LogP contribution in [-0.2, 0) is 14.4 Å². The predicted octanol–water partition coefficient (Wildman–Crippen LogP) is 0.538. The first-order valence-electron chi connectivity index (χ1n) is 4.68. The number of phenols is 1. The fraction of sp³-hybridized carbons (Fsp3) is 0.0909. The number of phenolic OH excluding ortho intramolecular Hbond substituents is 1. The summed E-state index contributed by atoms with van der Waals surface area (Å²) in [6, 6.07) is 6.21. The van der Waals surface area contributed by atoms with Crippen LogP contribution in [0.3, 0.4) is 0 Å². The van der Waals surface area contributed by atoms with Crippen molar-refractivity contribution in [2.24, 2.45) is 0 Å². The number of aliphatic carboxylic acids is 1. The summed E-state index contributed by atoms with van der Waals surface area (Å²) in [6.07, 6.45) is 2.69. The number of carbonyl (C=O) groups excluding carboxylic acids is 1. The van der Waals surface area contributed by atoms with E-state index in [0.717, 1.165) is 5.56 Å². The molecular formula is C11H11NO5. The standard InChI is InChI=1S/C11H11NO5/c13-9-4-1-8(2-5-9)3-6-10(14)12-17-7-11(15)16/h1-6,13H,7H2,(H,12,14)(H,15,16). The van der Waals surface area contributed by atoms with Crippen LogP contribution in [0.2, 0.25) is 0 Å². The van der Waals surface area contributed by atoms with Gasteiger partial charge in [-0.1, -0.05) is 12.1 Å². The minimum atomic E-state index is -1.17. The smallest absolute Gasteiger partial charge is 0.332 e. The Morgan fingerprint density at radius 3 is 2.53 bits per heavy atom. The summed E-state index contributed by atoms with van der Waals surface area (Å²) in [5.41, 5.74) is 2.66. The number of amides is 1. The number of benzene rings is 1. The second kappa shape index (κ2) is 6.29. The number of aromatic hydroxyl groups is 1. The minimum Gasteiger partial charge on any atom is -0.508 e. The van der Waals surface area contributed by atoms with Gasteiger partial charge < -0.3 is 10.2 Å². The van der Waals surface area contributed by atoms with Crippen molar-refractivity contribution in [1.82, 2.24) is 5.48 Å². The molecule has 0 saturated heterocycles. The molecule has 0 saturated carbocycles. The largest absolute Gasteiger partial charge is 0.508 e. The normalized spacial score (nSPS) is 10.4. The molecule has 0 atom stereocenters. The molecule has 0 aliphatic rings. The van der Waals surface area contributed by atoms with Crippen LogP contribution in [0, 0.1) is 0 Å². The van der Waals surface area contributed by atoms with E-state index in [1.54, 1.807) is 12.1 Å². The van der Waals surface area contributed by atoms with Crippen LogP contribution in [-0.4, -0.2) is 28.7 Å². The molecule has 1 amide bonds. The van der Waals surface area contributed by atoms with Gasteiger partial charge in [-0.25, -0.2) is 10.3 Å². The Morgan fingerprint density at radius 1 is 1.29 bits per heavy atom. The molecule has 17 heavy (non-hydrogen) atoms. The first-order chi connectivity index (χ1) is 8.08.